The van der Waals surface area contributed by atoms with Gasteiger partial charge in [-0.3, -0.25) is 5.41 Å². The maximum Gasteiger partial charge on any atom is 0.148 e. The van der Waals surface area contributed by atoms with Gasteiger partial charge in [0.15, 0.2) is 0 Å². The first-order valence-corrected chi connectivity index (χ1v) is 7.84. The number of hydrogen-bond donors (Lipinski definition) is 2. The van der Waals surface area contributed by atoms with Crippen LogP contribution in [0.25, 0.3) is 16.6 Å². The third-order valence-electron chi connectivity index (χ3n) is 4.52. The van der Waals surface area contributed by atoms with Crippen molar-refractivity contribution in [1.29, 1.82) is 5.41 Å². The van der Waals surface area contributed by atoms with E-state index in [1.807, 2.05) is 72.0 Å². The highest BCUT2D eigenvalue weighted by molar-refractivity contribution is 6.30. The van der Waals surface area contributed by atoms with E-state index in [0.29, 0.717) is 17.9 Å². The number of amidine groups is 1. The van der Waals surface area contributed by atoms with Crippen molar-refractivity contribution in [3.8, 4) is 0 Å². The summed E-state index contributed by atoms with van der Waals surface area (Å²) in [5.41, 5.74) is 4.34. The molecular formula is C19H18N4O. The van der Waals surface area contributed by atoms with Crippen LogP contribution in [0.15, 0.2) is 54.3 Å². The van der Waals surface area contributed by atoms with Gasteiger partial charge in [-0.25, -0.2) is 4.98 Å². The number of imidazole rings is 1. The zero-order valence-corrected chi connectivity index (χ0v) is 13.6. The van der Waals surface area contributed by atoms with Crippen molar-refractivity contribution >= 4 is 28.1 Å². The summed E-state index contributed by atoms with van der Waals surface area (Å²) >= 11 is 0. The minimum absolute atomic E-state index is 0.182. The lowest BCUT2D eigenvalue weighted by Gasteiger charge is -2.20. The molecule has 0 radical (unpaired) electrons. The average Bonchev–Trinajstić information content (AvgIpc) is 3.05. The van der Waals surface area contributed by atoms with Gasteiger partial charge in [0.05, 0.1) is 23.2 Å². The monoisotopic (exact) mass is 318 g/mol. The van der Waals surface area contributed by atoms with E-state index in [0.717, 1.165) is 22.3 Å². The van der Waals surface area contributed by atoms with Crippen molar-refractivity contribution in [3.63, 3.8) is 0 Å². The van der Waals surface area contributed by atoms with Crippen LogP contribution in [-0.4, -0.2) is 27.0 Å². The minimum Gasteiger partial charge on any atom is -0.509 e. The molecule has 0 saturated carbocycles. The van der Waals surface area contributed by atoms with Crippen LogP contribution in [0.4, 0.5) is 5.69 Å². The molecule has 1 aromatic heterocycles. The maximum atomic E-state index is 10.5. The number of rotatable bonds is 2. The van der Waals surface area contributed by atoms with Gasteiger partial charge >= 0.3 is 0 Å². The molecule has 5 nitrogen and oxygen atoms in total. The number of aryl methyl sites for hydroxylation is 2. The van der Waals surface area contributed by atoms with Crippen LogP contribution in [0.1, 0.15) is 11.4 Å². The van der Waals surface area contributed by atoms with Crippen LogP contribution in [0.2, 0.25) is 0 Å². The van der Waals surface area contributed by atoms with Gasteiger partial charge in [-0.2, -0.15) is 0 Å². The fourth-order valence-corrected chi connectivity index (χ4v) is 3.26. The molecule has 3 aromatic rings. The van der Waals surface area contributed by atoms with Gasteiger partial charge in [-0.1, -0.05) is 30.3 Å². The lowest BCUT2D eigenvalue weighted by molar-refractivity contribution is 0.411. The molecule has 0 atom stereocenters. The average molecular weight is 318 g/mol. The van der Waals surface area contributed by atoms with Crippen LogP contribution in [0.3, 0.4) is 0 Å². The molecule has 0 fully saturated rings. The number of aliphatic hydroxyl groups is 1. The first-order chi connectivity index (χ1) is 11.6. The Labute approximate surface area is 140 Å². The van der Waals surface area contributed by atoms with Crippen LogP contribution in [0, 0.1) is 12.3 Å². The second kappa shape index (κ2) is 5.23. The predicted octanol–water partition coefficient (Wildman–Crippen LogP) is 3.65. The number of anilines is 1. The van der Waals surface area contributed by atoms with Crippen LogP contribution in [0.5, 0.6) is 0 Å². The molecule has 0 unspecified atom stereocenters. The van der Waals surface area contributed by atoms with Crippen molar-refractivity contribution < 1.29 is 5.11 Å². The standard InChI is InChI=1S/C19H18N4O/c1-12-7-3-5-9-14(12)23-11-16(24)17(18(23)20)19-21-13-8-4-6-10-15(13)22(19)2/h3-10,20,24H,11H2,1-2H3. The lowest BCUT2D eigenvalue weighted by Crippen LogP contribution is -2.27. The highest BCUT2D eigenvalue weighted by atomic mass is 16.3. The number of aromatic nitrogens is 2. The summed E-state index contributed by atoms with van der Waals surface area (Å²) in [4.78, 5) is 6.44. The lowest BCUT2D eigenvalue weighted by atomic mass is 10.1. The van der Waals surface area contributed by atoms with Gasteiger partial charge in [-0.15, -0.1) is 0 Å². The summed E-state index contributed by atoms with van der Waals surface area (Å²) in [6, 6.07) is 15.7. The Balaban J connectivity index is 1.81. The van der Waals surface area contributed by atoms with Gasteiger partial charge in [0.1, 0.15) is 17.4 Å². The van der Waals surface area contributed by atoms with E-state index in [4.69, 9.17) is 5.41 Å². The molecule has 2 aromatic carbocycles. The van der Waals surface area contributed by atoms with Crippen molar-refractivity contribution in [2.24, 2.45) is 7.05 Å². The number of nitrogens with zero attached hydrogens (tertiary/aromatic N) is 3. The normalized spacial score (nSPS) is 14.9. The summed E-state index contributed by atoms with van der Waals surface area (Å²) in [6.07, 6.45) is 0. The number of nitrogens with one attached hydrogen (secondary N) is 1. The van der Waals surface area contributed by atoms with E-state index < -0.39 is 0 Å². The summed E-state index contributed by atoms with van der Waals surface area (Å²) in [6.45, 7) is 2.30. The van der Waals surface area contributed by atoms with Crippen molar-refractivity contribution in [3.05, 3.63) is 65.7 Å². The zero-order chi connectivity index (χ0) is 16.8. The highest BCUT2D eigenvalue weighted by Crippen LogP contribution is 2.33. The highest BCUT2D eigenvalue weighted by Gasteiger charge is 2.32. The molecule has 1 aliphatic rings. The molecule has 24 heavy (non-hydrogen) atoms. The molecule has 0 spiro atoms. The Hall–Kier alpha value is -3.08. The Bertz CT molecular complexity index is 1000. The van der Waals surface area contributed by atoms with Gasteiger partial charge in [-0.05, 0) is 30.7 Å². The van der Waals surface area contributed by atoms with Crippen LogP contribution >= 0.6 is 0 Å². The summed E-state index contributed by atoms with van der Waals surface area (Å²) in [7, 11) is 1.91. The zero-order valence-electron chi connectivity index (χ0n) is 13.6. The summed E-state index contributed by atoms with van der Waals surface area (Å²) in [5, 5.41) is 19.1. The second-order valence-corrected chi connectivity index (χ2v) is 6.03. The van der Waals surface area contributed by atoms with E-state index >= 15 is 0 Å². The van der Waals surface area contributed by atoms with E-state index in [-0.39, 0.29) is 11.6 Å². The SMILES string of the molecule is Cc1ccccc1N1CC(O)=C(c2nc3ccccc3n2C)C1=N. The van der Waals surface area contributed by atoms with E-state index in [1.165, 1.54) is 0 Å². The maximum absolute atomic E-state index is 10.5. The fraction of sp³-hybridized carbons (Fsp3) is 0.158. The molecule has 2 N–H and O–H groups in total. The topological polar surface area (TPSA) is 65.1 Å². The van der Waals surface area contributed by atoms with Crippen LogP contribution in [-0.2, 0) is 7.05 Å². The molecule has 4 rings (SSSR count). The van der Waals surface area contributed by atoms with Gasteiger partial charge in [0, 0.05) is 12.7 Å². The third kappa shape index (κ3) is 2.01. The molecule has 2 heterocycles. The molecule has 0 aliphatic carbocycles. The Morgan fingerprint density at radius 1 is 1.08 bits per heavy atom. The third-order valence-corrected chi connectivity index (χ3v) is 4.52. The van der Waals surface area contributed by atoms with Crippen molar-refractivity contribution in [1.82, 2.24) is 9.55 Å². The van der Waals surface area contributed by atoms with E-state index in [2.05, 4.69) is 4.98 Å². The molecular weight excluding hydrogens is 300 g/mol. The number of fused-ring (bicyclic) bond motifs is 1. The van der Waals surface area contributed by atoms with Gasteiger partial charge in [0.2, 0.25) is 0 Å². The molecule has 0 amide bonds. The first kappa shape index (κ1) is 14.5. The smallest absolute Gasteiger partial charge is 0.148 e. The minimum atomic E-state index is 0.182. The van der Waals surface area contributed by atoms with E-state index in [9.17, 15) is 5.11 Å². The number of benzene rings is 2. The number of para-hydroxylation sites is 3. The molecule has 120 valence electrons. The molecule has 1 aliphatic heterocycles. The number of aliphatic hydroxyl groups excluding tert-OH is 1. The fourth-order valence-electron chi connectivity index (χ4n) is 3.26. The molecule has 0 bridgehead atoms. The van der Waals surface area contributed by atoms with Crippen molar-refractivity contribution in [2.45, 2.75) is 6.92 Å². The number of hydrogen-bond acceptors (Lipinski definition) is 3. The predicted molar refractivity (Wildman–Crippen MR) is 96.5 cm³/mol. The largest absolute Gasteiger partial charge is 0.509 e. The first-order valence-electron chi connectivity index (χ1n) is 7.84. The molecule has 0 saturated heterocycles. The van der Waals surface area contributed by atoms with Gasteiger partial charge in [0.25, 0.3) is 0 Å². The summed E-state index contributed by atoms with van der Waals surface area (Å²) in [5.74, 6) is 1.08. The quantitative estimate of drug-likeness (QED) is 0.758. The summed E-state index contributed by atoms with van der Waals surface area (Å²) < 4.78 is 1.93. The second-order valence-electron chi connectivity index (χ2n) is 6.03. The van der Waals surface area contributed by atoms with Crippen LogP contribution < -0.4 is 4.90 Å². The molecule has 5 heteroatoms. The van der Waals surface area contributed by atoms with Gasteiger partial charge < -0.3 is 14.6 Å². The Morgan fingerprint density at radius 2 is 1.79 bits per heavy atom. The Morgan fingerprint density at radius 3 is 2.54 bits per heavy atom. The Kier molecular flexibility index (Phi) is 3.16. The van der Waals surface area contributed by atoms with E-state index in [1.54, 1.807) is 0 Å². The van der Waals surface area contributed by atoms with Crippen molar-refractivity contribution in [2.75, 3.05) is 11.4 Å².